The van der Waals surface area contributed by atoms with Crippen molar-refractivity contribution in [1.29, 1.82) is 0 Å². The lowest BCUT2D eigenvalue weighted by molar-refractivity contribution is -0.140. The van der Waals surface area contributed by atoms with Crippen LogP contribution >= 0.6 is 11.6 Å². The van der Waals surface area contributed by atoms with Crippen molar-refractivity contribution in [2.75, 3.05) is 52.9 Å². The molecule has 2 heterocycles. The Balaban J connectivity index is 1.42. The van der Waals surface area contributed by atoms with Crippen molar-refractivity contribution in [2.24, 2.45) is 11.7 Å². The van der Waals surface area contributed by atoms with Crippen LogP contribution in [-0.2, 0) is 16.0 Å². The van der Waals surface area contributed by atoms with Crippen LogP contribution in [-0.4, -0.2) is 96.6 Å². The van der Waals surface area contributed by atoms with Gasteiger partial charge in [-0.25, -0.2) is 10.0 Å². The number of likely N-dealkylation sites (tertiary alicyclic amines) is 1. The molecular weight excluding hydrogens is 548 g/mol. The van der Waals surface area contributed by atoms with Gasteiger partial charge in [0.2, 0.25) is 11.8 Å². The molecule has 2 aromatic rings. The second-order valence-electron chi connectivity index (χ2n) is 12.4. The number of amides is 2. The summed E-state index contributed by atoms with van der Waals surface area (Å²) in [5, 5.41) is 8.80. The Morgan fingerprint density at radius 1 is 1.00 bits per heavy atom. The molecule has 0 spiro atoms. The van der Waals surface area contributed by atoms with Gasteiger partial charge in [0, 0.05) is 75.8 Å². The molecule has 0 aliphatic carbocycles. The van der Waals surface area contributed by atoms with Gasteiger partial charge in [-0.3, -0.25) is 9.59 Å². The Labute approximate surface area is 257 Å². The van der Waals surface area contributed by atoms with Gasteiger partial charge in [0.15, 0.2) is 0 Å². The molecule has 2 aliphatic heterocycles. The SMILES string of the molecule is Cc1ccccc1[C@H](N)CC(=O)N[C@H](Cc1ccc(Cl)cc1)C(=O)N1CCC(N(CC(C)C)N2CCN(C)CC2)CC1. The predicted octanol–water partition coefficient (Wildman–Crippen LogP) is 3.88. The van der Waals surface area contributed by atoms with E-state index in [9.17, 15) is 9.59 Å². The van der Waals surface area contributed by atoms with Gasteiger partial charge in [-0.1, -0.05) is 61.8 Å². The number of piperidine rings is 1. The minimum absolute atomic E-state index is 0.0313. The minimum atomic E-state index is -0.663. The van der Waals surface area contributed by atoms with Crippen LogP contribution in [0.5, 0.6) is 0 Å². The topological polar surface area (TPSA) is 85.1 Å². The van der Waals surface area contributed by atoms with Gasteiger partial charge in [0.25, 0.3) is 0 Å². The molecule has 0 radical (unpaired) electrons. The molecule has 0 unspecified atom stereocenters. The first-order chi connectivity index (χ1) is 20.1. The quantitative estimate of drug-likeness (QED) is 0.410. The average molecular weight is 597 g/mol. The molecule has 2 saturated heterocycles. The van der Waals surface area contributed by atoms with E-state index in [4.69, 9.17) is 17.3 Å². The highest BCUT2D eigenvalue weighted by Gasteiger charge is 2.34. The number of nitrogens with one attached hydrogen (secondary N) is 1. The van der Waals surface area contributed by atoms with Gasteiger partial charge in [-0.15, -0.1) is 0 Å². The van der Waals surface area contributed by atoms with E-state index in [2.05, 4.69) is 41.1 Å². The zero-order valence-electron chi connectivity index (χ0n) is 25.8. The van der Waals surface area contributed by atoms with Crippen LogP contribution < -0.4 is 11.1 Å². The second-order valence-corrected chi connectivity index (χ2v) is 12.9. The fourth-order valence-corrected chi connectivity index (χ4v) is 6.28. The van der Waals surface area contributed by atoms with Crippen molar-refractivity contribution in [1.82, 2.24) is 25.1 Å². The van der Waals surface area contributed by atoms with Crippen molar-refractivity contribution >= 4 is 23.4 Å². The summed E-state index contributed by atoms with van der Waals surface area (Å²) < 4.78 is 0. The molecule has 8 nitrogen and oxygen atoms in total. The van der Waals surface area contributed by atoms with Crippen molar-refractivity contribution in [2.45, 2.75) is 64.6 Å². The van der Waals surface area contributed by atoms with E-state index in [1.54, 1.807) is 0 Å². The number of hydrogen-bond donors (Lipinski definition) is 2. The summed E-state index contributed by atoms with van der Waals surface area (Å²) in [7, 11) is 2.18. The Morgan fingerprint density at radius 3 is 2.26 bits per heavy atom. The minimum Gasteiger partial charge on any atom is -0.344 e. The van der Waals surface area contributed by atoms with Gasteiger partial charge >= 0.3 is 0 Å². The van der Waals surface area contributed by atoms with E-state index in [-0.39, 0.29) is 18.2 Å². The summed E-state index contributed by atoms with van der Waals surface area (Å²) in [6, 6.07) is 14.6. The van der Waals surface area contributed by atoms with Crippen molar-refractivity contribution < 1.29 is 9.59 Å². The average Bonchev–Trinajstić information content (AvgIpc) is 2.97. The Hall–Kier alpha value is -2.49. The molecule has 2 amide bonds. The lowest BCUT2D eigenvalue weighted by Crippen LogP contribution is -2.60. The number of nitrogens with two attached hydrogens (primary N) is 1. The van der Waals surface area contributed by atoms with Gasteiger partial charge in [0.05, 0.1) is 0 Å². The zero-order valence-corrected chi connectivity index (χ0v) is 26.5. The maximum absolute atomic E-state index is 13.9. The number of benzene rings is 2. The number of halogens is 1. The largest absolute Gasteiger partial charge is 0.344 e. The molecule has 4 rings (SSSR count). The molecule has 0 aromatic heterocycles. The van der Waals surface area contributed by atoms with E-state index >= 15 is 0 Å². The maximum atomic E-state index is 13.9. The first-order valence-electron chi connectivity index (χ1n) is 15.4. The summed E-state index contributed by atoms with van der Waals surface area (Å²) in [6.07, 6.45) is 2.36. The van der Waals surface area contributed by atoms with Crippen LogP contribution in [0.15, 0.2) is 48.5 Å². The number of piperazine rings is 1. The molecule has 2 fully saturated rings. The van der Waals surface area contributed by atoms with Gasteiger partial charge in [-0.2, -0.15) is 0 Å². The number of likely N-dealkylation sites (N-methyl/N-ethyl adjacent to an activating group) is 1. The standard InChI is InChI=1S/C33H49ClN6O2/c1-24(2)23-40(39-19-17-37(4)18-20-39)28-13-15-38(16-14-28)33(42)31(21-26-9-11-27(34)12-10-26)36-32(41)22-30(35)29-8-6-5-7-25(29)3/h5-12,24,28,30-31H,13-23,35H2,1-4H3,(H,36,41)/t30-,31-/m1/s1. The van der Waals surface area contributed by atoms with Crippen LogP contribution in [0, 0.1) is 12.8 Å². The maximum Gasteiger partial charge on any atom is 0.245 e. The third kappa shape index (κ3) is 9.01. The Bertz CT molecular complexity index is 1160. The van der Waals surface area contributed by atoms with E-state index in [1.165, 1.54) is 0 Å². The molecule has 2 aromatic carbocycles. The summed E-state index contributed by atoms with van der Waals surface area (Å²) in [4.78, 5) is 31.5. The number of hydrazine groups is 1. The van der Waals surface area contributed by atoms with Crippen LogP contribution in [0.2, 0.25) is 5.02 Å². The molecule has 0 bridgehead atoms. The Kier molecular flexibility index (Phi) is 11.8. The Morgan fingerprint density at radius 2 is 1.64 bits per heavy atom. The highest BCUT2D eigenvalue weighted by molar-refractivity contribution is 6.30. The molecule has 9 heteroatoms. The molecule has 2 atom stereocenters. The van der Waals surface area contributed by atoms with E-state index < -0.39 is 12.1 Å². The summed E-state index contributed by atoms with van der Waals surface area (Å²) >= 11 is 6.11. The number of carbonyl (C=O) groups is 2. The van der Waals surface area contributed by atoms with Crippen LogP contribution in [0.4, 0.5) is 0 Å². The fraction of sp³-hybridized carbons (Fsp3) is 0.576. The number of hydrogen-bond acceptors (Lipinski definition) is 6. The summed E-state index contributed by atoms with van der Waals surface area (Å²) in [5.74, 6) is 0.316. The first kappa shape index (κ1) is 32.4. The normalized spacial score (nSPS) is 18.8. The van der Waals surface area contributed by atoms with Gasteiger partial charge in [-0.05, 0) is 61.6 Å². The lowest BCUT2D eigenvalue weighted by Gasteiger charge is -2.47. The molecular formula is C33H49ClN6O2. The highest BCUT2D eigenvalue weighted by atomic mass is 35.5. The van der Waals surface area contributed by atoms with Crippen molar-refractivity contribution in [3.8, 4) is 0 Å². The monoisotopic (exact) mass is 596 g/mol. The van der Waals surface area contributed by atoms with Crippen LogP contribution in [0.3, 0.4) is 0 Å². The first-order valence-corrected chi connectivity index (χ1v) is 15.8. The molecule has 42 heavy (non-hydrogen) atoms. The molecule has 3 N–H and O–H groups in total. The van der Waals surface area contributed by atoms with Crippen LogP contribution in [0.1, 0.15) is 55.8 Å². The predicted molar refractivity (Wildman–Crippen MR) is 170 cm³/mol. The molecule has 0 saturated carbocycles. The molecule has 2 aliphatic rings. The number of carbonyl (C=O) groups excluding carboxylic acids is 2. The van der Waals surface area contributed by atoms with Crippen molar-refractivity contribution in [3.05, 3.63) is 70.2 Å². The highest BCUT2D eigenvalue weighted by Crippen LogP contribution is 2.23. The summed E-state index contributed by atoms with van der Waals surface area (Å²) in [6.45, 7) is 13.2. The zero-order chi connectivity index (χ0) is 30.2. The fourth-order valence-electron chi connectivity index (χ4n) is 6.15. The van der Waals surface area contributed by atoms with Gasteiger partial charge < -0.3 is 20.9 Å². The number of rotatable bonds is 11. The van der Waals surface area contributed by atoms with Crippen LogP contribution in [0.25, 0.3) is 0 Å². The number of nitrogens with zero attached hydrogens (tertiary/aromatic N) is 4. The number of aryl methyl sites for hydroxylation is 1. The smallest absolute Gasteiger partial charge is 0.245 e. The van der Waals surface area contributed by atoms with E-state index in [0.29, 0.717) is 36.5 Å². The second kappa shape index (κ2) is 15.3. The van der Waals surface area contributed by atoms with Crippen molar-refractivity contribution in [3.63, 3.8) is 0 Å². The van der Waals surface area contributed by atoms with Gasteiger partial charge in [0.1, 0.15) is 6.04 Å². The lowest BCUT2D eigenvalue weighted by atomic mass is 9.98. The molecule has 230 valence electrons. The summed E-state index contributed by atoms with van der Waals surface area (Å²) in [5.41, 5.74) is 9.38. The van der Waals surface area contributed by atoms with E-state index in [1.807, 2.05) is 60.4 Å². The third-order valence-corrected chi connectivity index (χ3v) is 8.82. The van der Waals surface area contributed by atoms with E-state index in [0.717, 1.165) is 62.3 Å². The third-order valence-electron chi connectivity index (χ3n) is 8.57.